The van der Waals surface area contributed by atoms with Crippen LogP contribution in [-0.2, 0) is 9.47 Å². The summed E-state index contributed by atoms with van der Waals surface area (Å²) in [7, 11) is 0. The molecule has 1 aliphatic heterocycles. The first-order valence-corrected chi connectivity index (χ1v) is 11.6. The second kappa shape index (κ2) is 10.2. The molecule has 32 heavy (non-hydrogen) atoms. The highest BCUT2D eigenvalue weighted by Crippen LogP contribution is 2.36. The first-order chi connectivity index (χ1) is 15.2. The van der Waals surface area contributed by atoms with E-state index in [1.165, 1.54) is 10.5 Å². The van der Waals surface area contributed by atoms with E-state index in [-0.39, 0.29) is 19.1 Å². The summed E-state index contributed by atoms with van der Waals surface area (Å²) in [5.41, 5.74) is -1.02. The van der Waals surface area contributed by atoms with Crippen LogP contribution in [0.1, 0.15) is 70.8 Å². The van der Waals surface area contributed by atoms with Crippen molar-refractivity contribution in [1.29, 1.82) is 0 Å². The highest BCUT2D eigenvalue weighted by molar-refractivity contribution is 5.69. The third-order valence-corrected chi connectivity index (χ3v) is 6.71. The Morgan fingerprint density at radius 1 is 1.22 bits per heavy atom. The van der Waals surface area contributed by atoms with Gasteiger partial charge in [0, 0.05) is 17.9 Å². The molecule has 0 spiro atoms. The molecule has 1 saturated carbocycles. The van der Waals surface area contributed by atoms with Gasteiger partial charge in [0.05, 0.1) is 12.7 Å². The minimum atomic E-state index is -1.64. The summed E-state index contributed by atoms with van der Waals surface area (Å²) in [4.78, 5) is 25.8. The van der Waals surface area contributed by atoms with Crippen LogP contribution in [0.2, 0.25) is 0 Å². The highest BCUT2D eigenvalue weighted by atomic mass is 16.6. The lowest BCUT2D eigenvalue weighted by molar-refractivity contribution is -0.587. The Kier molecular flexibility index (Phi) is 7.77. The number of hydrogen-bond acceptors (Lipinski definition) is 6. The van der Waals surface area contributed by atoms with Gasteiger partial charge in [-0.05, 0) is 64.4 Å². The van der Waals surface area contributed by atoms with E-state index >= 15 is 0 Å². The third-order valence-electron chi connectivity index (χ3n) is 6.71. The van der Waals surface area contributed by atoms with Crippen LogP contribution in [0.15, 0.2) is 30.3 Å². The zero-order valence-corrected chi connectivity index (χ0v) is 19.4. The molecule has 8 nitrogen and oxygen atoms in total. The quantitative estimate of drug-likeness (QED) is 0.518. The van der Waals surface area contributed by atoms with Crippen molar-refractivity contribution in [3.63, 3.8) is 0 Å². The number of ether oxygens (including phenoxy) is 2. The van der Waals surface area contributed by atoms with Crippen LogP contribution in [0.3, 0.4) is 0 Å². The van der Waals surface area contributed by atoms with Crippen molar-refractivity contribution >= 4 is 6.09 Å². The number of aliphatic hydroxyl groups is 1. The minimum Gasteiger partial charge on any atom is -0.444 e. The number of amides is 1. The van der Waals surface area contributed by atoms with Gasteiger partial charge in [0.25, 0.3) is 5.54 Å². The van der Waals surface area contributed by atoms with E-state index in [9.17, 15) is 20.0 Å². The maximum absolute atomic E-state index is 12.8. The van der Waals surface area contributed by atoms with Gasteiger partial charge in [-0.15, -0.1) is 0 Å². The Bertz CT molecular complexity index is 772. The van der Waals surface area contributed by atoms with E-state index < -0.39 is 34.8 Å². The van der Waals surface area contributed by atoms with E-state index in [1.807, 2.05) is 6.07 Å². The maximum Gasteiger partial charge on any atom is 0.410 e. The second-order valence-corrected chi connectivity index (χ2v) is 10.0. The molecule has 1 aliphatic carbocycles. The summed E-state index contributed by atoms with van der Waals surface area (Å²) in [6, 6.07) is 9.55. The molecule has 8 heteroatoms. The Hall–Kier alpha value is -2.19. The fourth-order valence-electron chi connectivity index (χ4n) is 4.92. The molecule has 2 fully saturated rings. The number of nitro groups is 1. The molecular weight excluding hydrogens is 412 g/mol. The lowest BCUT2D eigenvalue weighted by atomic mass is 9.81. The van der Waals surface area contributed by atoms with Gasteiger partial charge >= 0.3 is 6.09 Å². The number of carbonyl (C=O) groups excluding carboxylic acids is 1. The summed E-state index contributed by atoms with van der Waals surface area (Å²) in [6.45, 7) is 5.00. The molecule has 1 amide bonds. The standard InChI is InChI=1S/C24H36N2O6/c1-23(2,3)32-22(28)25-15-7-14-24(17-27,26(29)30)21(25)16-31-20-12-10-19(11-13-20)18-8-5-4-6-9-18/h4-6,8-9,19-21,27H,7,10-17H2,1-3H3/t19?,20?,21-,24+/m0/s1. The van der Waals surface area contributed by atoms with Gasteiger partial charge in [0.2, 0.25) is 0 Å². The van der Waals surface area contributed by atoms with E-state index in [2.05, 4.69) is 24.3 Å². The maximum atomic E-state index is 12.8. The lowest BCUT2D eigenvalue weighted by Gasteiger charge is -2.43. The Labute approximate surface area is 190 Å². The van der Waals surface area contributed by atoms with Crippen LogP contribution < -0.4 is 0 Å². The molecule has 1 aromatic carbocycles. The van der Waals surface area contributed by atoms with Crippen LogP contribution >= 0.6 is 0 Å². The van der Waals surface area contributed by atoms with Crippen molar-refractivity contribution in [2.45, 2.75) is 88.5 Å². The number of aliphatic hydroxyl groups excluding tert-OH is 1. The number of likely N-dealkylation sites (tertiary alicyclic amines) is 1. The molecule has 0 radical (unpaired) electrons. The molecule has 1 aromatic rings. The highest BCUT2D eigenvalue weighted by Gasteiger charge is 2.56. The number of rotatable bonds is 6. The Balaban J connectivity index is 1.68. The largest absolute Gasteiger partial charge is 0.444 e. The first kappa shape index (κ1) is 24.5. The Morgan fingerprint density at radius 3 is 2.44 bits per heavy atom. The zero-order valence-electron chi connectivity index (χ0n) is 19.4. The van der Waals surface area contributed by atoms with Crippen LogP contribution in [0.4, 0.5) is 4.79 Å². The predicted octanol–water partition coefficient (Wildman–Crippen LogP) is 4.14. The summed E-state index contributed by atoms with van der Waals surface area (Å²) in [5, 5.41) is 22.1. The van der Waals surface area contributed by atoms with Gasteiger partial charge in [-0.25, -0.2) is 4.79 Å². The normalized spacial score (nSPS) is 28.9. The van der Waals surface area contributed by atoms with Gasteiger partial charge < -0.3 is 14.6 Å². The predicted molar refractivity (Wildman–Crippen MR) is 120 cm³/mol. The van der Waals surface area contributed by atoms with Crippen LogP contribution in [0.5, 0.6) is 0 Å². The van der Waals surface area contributed by atoms with E-state index in [0.717, 1.165) is 25.7 Å². The molecule has 0 aromatic heterocycles. The fraction of sp³-hybridized carbons (Fsp3) is 0.708. The summed E-state index contributed by atoms with van der Waals surface area (Å²) >= 11 is 0. The molecule has 2 atom stereocenters. The molecule has 1 heterocycles. The van der Waals surface area contributed by atoms with Gasteiger partial charge in [0.1, 0.15) is 18.2 Å². The SMILES string of the molecule is CC(C)(C)OC(=O)N1CCC[C@](CO)([N+](=O)[O-])[C@@H]1COC1CCC(c2ccccc2)CC1. The molecule has 2 aliphatic rings. The van der Waals surface area contributed by atoms with Crippen LogP contribution in [0, 0.1) is 10.1 Å². The molecule has 3 rings (SSSR count). The minimum absolute atomic E-state index is 0.0134. The van der Waals surface area contributed by atoms with Gasteiger partial charge in [-0.1, -0.05) is 30.3 Å². The molecular formula is C24H36N2O6. The van der Waals surface area contributed by atoms with Crippen molar-refractivity contribution in [3.8, 4) is 0 Å². The summed E-state index contributed by atoms with van der Waals surface area (Å²) in [6.07, 6.45) is 3.74. The number of benzene rings is 1. The Morgan fingerprint density at radius 2 is 1.88 bits per heavy atom. The van der Waals surface area contributed by atoms with Crippen molar-refractivity contribution < 1.29 is 24.3 Å². The summed E-state index contributed by atoms with van der Waals surface area (Å²) < 4.78 is 11.7. The average molecular weight is 449 g/mol. The lowest BCUT2D eigenvalue weighted by Crippen LogP contribution is -2.66. The molecule has 0 unspecified atom stereocenters. The van der Waals surface area contributed by atoms with Crippen molar-refractivity contribution in [3.05, 3.63) is 46.0 Å². The van der Waals surface area contributed by atoms with Crippen molar-refractivity contribution in [1.82, 2.24) is 4.90 Å². The first-order valence-electron chi connectivity index (χ1n) is 11.6. The molecule has 178 valence electrons. The van der Waals surface area contributed by atoms with Crippen molar-refractivity contribution in [2.24, 2.45) is 0 Å². The van der Waals surface area contributed by atoms with Crippen LogP contribution in [0.25, 0.3) is 0 Å². The number of piperidine rings is 1. The van der Waals surface area contributed by atoms with E-state index in [1.54, 1.807) is 20.8 Å². The summed E-state index contributed by atoms with van der Waals surface area (Å²) in [5.74, 6) is 0.499. The van der Waals surface area contributed by atoms with Crippen molar-refractivity contribution in [2.75, 3.05) is 19.8 Å². The number of carbonyl (C=O) groups is 1. The number of hydrogen-bond donors (Lipinski definition) is 1. The van der Waals surface area contributed by atoms with E-state index in [0.29, 0.717) is 18.9 Å². The average Bonchev–Trinajstić information content (AvgIpc) is 2.77. The second-order valence-electron chi connectivity index (χ2n) is 10.0. The fourth-order valence-corrected chi connectivity index (χ4v) is 4.92. The monoisotopic (exact) mass is 448 g/mol. The smallest absolute Gasteiger partial charge is 0.410 e. The van der Waals surface area contributed by atoms with Gasteiger partial charge in [-0.3, -0.25) is 15.0 Å². The van der Waals surface area contributed by atoms with E-state index in [4.69, 9.17) is 9.47 Å². The van der Waals surface area contributed by atoms with Crippen LogP contribution in [-0.4, -0.2) is 64.1 Å². The topological polar surface area (TPSA) is 102 Å². The molecule has 1 N–H and O–H groups in total. The molecule has 1 saturated heterocycles. The third kappa shape index (κ3) is 5.59. The van der Waals surface area contributed by atoms with Gasteiger partial charge in [0.15, 0.2) is 0 Å². The molecule has 0 bridgehead atoms. The number of nitrogens with zero attached hydrogens (tertiary/aromatic N) is 2. The zero-order chi connectivity index (χ0) is 23.4. The van der Waals surface area contributed by atoms with Gasteiger partial charge in [-0.2, -0.15) is 0 Å².